The van der Waals surface area contributed by atoms with Gasteiger partial charge in [0.05, 0.1) is 12.1 Å². The van der Waals surface area contributed by atoms with Crippen LogP contribution in [0, 0.1) is 18.3 Å². The summed E-state index contributed by atoms with van der Waals surface area (Å²) in [6, 6.07) is 0.393. The van der Waals surface area contributed by atoms with Gasteiger partial charge in [-0.15, -0.1) is 12.3 Å². The van der Waals surface area contributed by atoms with Gasteiger partial charge in [-0.05, 0) is 24.4 Å². The van der Waals surface area contributed by atoms with Crippen LogP contribution in [0.15, 0.2) is 6.20 Å². The lowest BCUT2D eigenvalue weighted by Gasteiger charge is -2.31. The fourth-order valence-electron chi connectivity index (χ4n) is 3.42. The number of anilines is 2. The molecule has 1 saturated carbocycles. The number of halogens is 1. The second-order valence-electron chi connectivity index (χ2n) is 5.94. The molecular formula is C16H19ClN4O. The van der Waals surface area contributed by atoms with Gasteiger partial charge >= 0.3 is 0 Å². The first-order valence-corrected chi connectivity index (χ1v) is 8.00. The van der Waals surface area contributed by atoms with Gasteiger partial charge in [0.15, 0.2) is 5.82 Å². The SMILES string of the molecule is C#CCC1CN(C2CCCC2)c2nc(Cl)ncc2N(C)C1=O. The molecule has 1 fully saturated rings. The summed E-state index contributed by atoms with van der Waals surface area (Å²) in [5.41, 5.74) is 0.709. The molecule has 0 aromatic carbocycles. The highest BCUT2D eigenvalue weighted by Crippen LogP contribution is 2.37. The third-order valence-electron chi connectivity index (χ3n) is 4.58. The number of terminal acetylenes is 1. The number of nitrogens with zero attached hydrogens (tertiary/aromatic N) is 4. The predicted octanol–water partition coefficient (Wildman–Crippen LogP) is 2.49. The Morgan fingerprint density at radius 3 is 2.86 bits per heavy atom. The molecule has 0 saturated heterocycles. The summed E-state index contributed by atoms with van der Waals surface area (Å²) in [5, 5.41) is 0.206. The second-order valence-corrected chi connectivity index (χ2v) is 6.28. The number of hydrogen-bond acceptors (Lipinski definition) is 4. The van der Waals surface area contributed by atoms with E-state index >= 15 is 0 Å². The van der Waals surface area contributed by atoms with Gasteiger partial charge in [0.1, 0.15) is 5.69 Å². The van der Waals surface area contributed by atoms with E-state index in [-0.39, 0.29) is 17.1 Å². The Morgan fingerprint density at radius 2 is 2.18 bits per heavy atom. The molecular weight excluding hydrogens is 300 g/mol. The largest absolute Gasteiger partial charge is 0.351 e. The van der Waals surface area contributed by atoms with Crippen LogP contribution in [-0.4, -0.2) is 35.5 Å². The number of fused-ring (bicyclic) bond motifs is 1. The smallest absolute Gasteiger partial charge is 0.232 e. The van der Waals surface area contributed by atoms with Crippen LogP contribution in [0.3, 0.4) is 0 Å². The maximum atomic E-state index is 12.7. The van der Waals surface area contributed by atoms with Crippen LogP contribution in [0.1, 0.15) is 32.1 Å². The van der Waals surface area contributed by atoms with Crippen molar-refractivity contribution in [1.29, 1.82) is 0 Å². The Kier molecular flexibility index (Phi) is 4.21. The zero-order valence-corrected chi connectivity index (χ0v) is 13.4. The van der Waals surface area contributed by atoms with Gasteiger partial charge in [0.25, 0.3) is 0 Å². The Hall–Kier alpha value is -1.80. The van der Waals surface area contributed by atoms with Crippen LogP contribution >= 0.6 is 11.6 Å². The highest BCUT2D eigenvalue weighted by Gasteiger charge is 2.36. The minimum Gasteiger partial charge on any atom is -0.351 e. The monoisotopic (exact) mass is 318 g/mol. The lowest BCUT2D eigenvalue weighted by molar-refractivity contribution is -0.121. The minimum absolute atomic E-state index is 0.0191. The van der Waals surface area contributed by atoms with E-state index in [4.69, 9.17) is 18.0 Å². The number of aromatic nitrogens is 2. The molecule has 1 amide bonds. The summed E-state index contributed by atoms with van der Waals surface area (Å²) in [7, 11) is 1.75. The summed E-state index contributed by atoms with van der Waals surface area (Å²) < 4.78 is 0. The van der Waals surface area contributed by atoms with Gasteiger partial charge in [0.2, 0.25) is 11.2 Å². The van der Waals surface area contributed by atoms with E-state index in [9.17, 15) is 4.79 Å². The molecule has 1 unspecified atom stereocenters. The molecule has 1 aliphatic heterocycles. The Bertz CT molecular complexity index is 621. The standard InChI is InChI=1S/C16H19ClN4O/c1-3-6-11-10-21(12-7-4-5-8-12)14-13(20(2)15(11)22)9-18-16(17)19-14/h1,9,11-12H,4-8,10H2,2H3. The van der Waals surface area contributed by atoms with Crippen molar-refractivity contribution in [2.75, 3.05) is 23.4 Å². The average molecular weight is 319 g/mol. The Balaban J connectivity index is 2.06. The molecule has 6 heteroatoms. The number of carbonyl (C=O) groups is 1. The normalized spacial score (nSPS) is 22.4. The minimum atomic E-state index is -0.219. The number of rotatable bonds is 2. The Labute approximate surface area is 135 Å². The molecule has 2 heterocycles. The first-order valence-electron chi connectivity index (χ1n) is 7.62. The molecule has 3 rings (SSSR count). The molecule has 2 aliphatic rings. The first kappa shape index (κ1) is 15.1. The van der Waals surface area contributed by atoms with Gasteiger partial charge in [-0.1, -0.05) is 12.8 Å². The van der Waals surface area contributed by atoms with Crippen molar-refractivity contribution in [3.05, 3.63) is 11.5 Å². The molecule has 1 aromatic rings. The van der Waals surface area contributed by atoms with Crippen LogP contribution in [-0.2, 0) is 4.79 Å². The van der Waals surface area contributed by atoms with Gasteiger partial charge in [0, 0.05) is 26.1 Å². The van der Waals surface area contributed by atoms with Crippen molar-refractivity contribution in [1.82, 2.24) is 9.97 Å². The highest BCUT2D eigenvalue weighted by atomic mass is 35.5. The van der Waals surface area contributed by atoms with E-state index in [1.54, 1.807) is 18.1 Å². The molecule has 0 bridgehead atoms. The molecule has 0 spiro atoms. The van der Waals surface area contributed by atoms with Crippen LogP contribution in [0.5, 0.6) is 0 Å². The van der Waals surface area contributed by atoms with Crippen molar-refractivity contribution in [3.8, 4) is 12.3 Å². The number of carbonyl (C=O) groups excluding carboxylic acids is 1. The van der Waals surface area contributed by atoms with Crippen molar-refractivity contribution in [2.24, 2.45) is 5.92 Å². The molecule has 0 N–H and O–H groups in total. The van der Waals surface area contributed by atoms with E-state index in [0.29, 0.717) is 24.7 Å². The van der Waals surface area contributed by atoms with Gasteiger partial charge in [-0.3, -0.25) is 4.79 Å². The van der Waals surface area contributed by atoms with Crippen LogP contribution in [0.4, 0.5) is 11.5 Å². The van der Waals surface area contributed by atoms with Gasteiger partial charge in [-0.2, -0.15) is 4.98 Å². The predicted molar refractivity (Wildman–Crippen MR) is 87.0 cm³/mol. The highest BCUT2D eigenvalue weighted by molar-refractivity contribution is 6.28. The molecule has 1 aliphatic carbocycles. The van der Waals surface area contributed by atoms with E-state index in [1.807, 2.05) is 0 Å². The van der Waals surface area contributed by atoms with E-state index < -0.39 is 0 Å². The van der Waals surface area contributed by atoms with Crippen LogP contribution in [0.25, 0.3) is 0 Å². The van der Waals surface area contributed by atoms with Gasteiger partial charge < -0.3 is 9.80 Å². The topological polar surface area (TPSA) is 49.3 Å². The Morgan fingerprint density at radius 1 is 1.45 bits per heavy atom. The summed E-state index contributed by atoms with van der Waals surface area (Å²) in [4.78, 5) is 25.0. The second kappa shape index (κ2) is 6.13. The van der Waals surface area contributed by atoms with Crippen molar-refractivity contribution in [3.63, 3.8) is 0 Å². The quantitative estimate of drug-likeness (QED) is 0.621. The molecule has 116 valence electrons. The van der Waals surface area contributed by atoms with Crippen LogP contribution in [0.2, 0.25) is 5.28 Å². The summed E-state index contributed by atoms with van der Waals surface area (Å²) in [6.07, 6.45) is 12.2. The first-order chi connectivity index (χ1) is 10.6. The zero-order chi connectivity index (χ0) is 15.7. The van der Waals surface area contributed by atoms with Crippen molar-refractivity contribution >= 4 is 29.0 Å². The van der Waals surface area contributed by atoms with E-state index in [1.165, 1.54) is 12.8 Å². The molecule has 1 atom stereocenters. The van der Waals surface area contributed by atoms with Crippen molar-refractivity contribution in [2.45, 2.75) is 38.1 Å². The third-order valence-corrected chi connectivity index (χ3v) is 4.76. The van der Waals surface area contributed by atoms with Crippen molar-refractivity contribution < 1.29 is 4.79 Å². The molecule has 0 radical (unpaired) electrons. The lowest BCUT2D eigenvalue weighted by atomic mass is 10.0. The zero-order valence-electron chi connectivity index (χ0n) is 12.6. The van der Waals surface area contributed by atoms with E-state index in [2.05, 4.69) is 20.8 Å². The van der Waals surface area contributed by atoms with Crippen LogP contribution < -0.4 is 9.80 Å². The molecule has 5 nitrogen and oxygen atoms in total. The molecule has 22 heavy (non-hydrogen) atoms. The fraction of sp³-hybridized carbons (Fsp3) is 0.562. The lowest BCUT2D eigenvalue weighted by Crippen LogP contribution is -2.39. The fourth-order valence-corrected chi connectivity index (χ4v) is 3.55. The number of hydrogen-bond donors (Lipinski definition) is 0. The summed E-state index contributed by atoms with van der Waals surface area (Å²) in [5.74, 6) is 3.18. The number of amides is 1. The third kappa shape index (κ3) is 2.64. The molecule has 1 aromatic heterocycles. The average Bonchev–Trinajstić information content (AvgIpc) is 3.01. The maximum absolute atomic E-state index is 12.7. The van der Waals surface area contributed by atoms with E-state index in [0.717, 1.165) is 18.7 Å². The maximum Gasteiger partial charge on any atom is 0.232 e. The van der Waals surface area contributed by atoms with Gasteiger partial charge in [-0.25, -0.2) is 4.98 Å². The summed E-state index contributed by atoms with van der Waals surface area (Å²) in [6.45, 7) is 0.596. The summed E-state index contributed by atoms with van der Waals surface area (Å²) >= 11 is 6.00.